The first-order chi connectivity index (χ1) is 11.5. The van der Waals surface area contributed by atoms with E-state index in [0.29, 0.717) is 30.8 Å². The van der Waals surface area contributed by atoms with Crippen molar-refractivity contribution in [2.45, 2.75) is 38.6 Å². The third-order valence-electron chi connectivity index (χ3n) is 3.80. The first kappa shape index (κ1) is 17.8. The minimum Gasteiger partial charge on any atom is -0.482 e. The Kier molecular flexibility index (Phi) is 6.17. The molecule has 2 amide bonds. The van der Waals surface area contributed by atoms with Crippen molar-refractivity contribution < 1.29 is 24.2 Å². The van der Waals surface area contributed by atoms with Crippen LogP contribution in [0.15, 0.2) is 24.3 Å². The Hall–Kier alpha value is -2.57. The topological polar surface area (TPSA) is 95.9 Å². The molecule has 1 aromatic carbocycles. The highest BCUT2D eigenvalue weighted by Crippen LogP contribution is 2.22. The van der Waals surface area contributed by atoms with E-state index in [9.17, 15) is 14.4 Å². The molecule has 7 nitrogen and oxygen atoms in total. The fourth-order valence-electron chi connectivity index (χ4n) is 2.73. The monoisotopic (exact) mass is 334 g/mol. The van der Waals surface area contributed by atoms with E-state index < -0.39 is 18.6 Å². The predicted molar refractivity (Wildman–Crippen MR) is 87.8 cm³/mol. The smallest absolute Gasteiger partial charge is 0.341 e. The van der Waals surface area contributed by atoms with Crippen LogP contribution in [0.4, 0.5) is 5.69 Å². The van der Waals surface area contributed by atoms with Crippen molar-refractivity contribution in [3.63, 3.8) is 0 Å². The van der Waals surface area contributed by atoms with E-state index in [1.807, 2.05) is 6.92 Å². The van der Waals surface area contributed by atoms with Crippen molar-refractivity contribution in [3.8, 4) is 5.75 Å². The number of nitrogens with one attached hydrogen (secondary N) is 1. The number of hydrogen-bond donors (Lipinski definition) is 2. The van der Waals surface area contributed by atoms with Gasteiger partial charge in [-0.2, -0.15) is 0 Å². The van der Waals surface area contributed by atoms with Gasteiger partial charge in [0.2, 0.25) is 11.8 Å². The maximum atomic E-state index is 12.5. The molecule has 0 radical (unpaired) electrons. The number of carbonyl (C=O) groups is 3. The van der Waals surface area contributed by atoms with Crippen LogP contribution in [0.25, 0.3) is 0 Å². The number of hydrogen-bond acceptors (Lipinski definition) is 4. The van der Waals surface area contributed by atoms with Gasteiger partial charge < -0.3 is 20.1 Å². The van der Waals surface area contributed by atoms with Crippen LogP contribution >= 0.6 is 0 Å². The second-order valence-corrected chi connectivity index (χ2v) is 5.69. The number of aliphatic carboxylic acids is 1. The van der Waals surface area contributed by atoms with E-state index in [4.69, 9.17) is 9.84 Å². The summed E-state index contributed by atoms with van der Waals surface area (Å²) in [6.45, 7) is 2.10. The minimum atomic E-state index is -1.07. The summed E-state index contributed by atoms with van der Waals surface area (Å²) in [7, 11) is 0. The van der Waals surface area contributed by atoms with E-state index in [1.165, 1.54) is 0 Å². The van der Waals surface area contributed by atoms with Gasteiger partial charge in [0, 0.05) is 24.7 Å². The van der Waals surface area contributed by atoms with Crippen LogP contribution in [0.3, 0.4) is 0 Å². The molecule has 0 aromatic heterocycles. The average molecular weight is 334 g/mol. The van der Waals surface area contributed by atoms with Crippen LogP contribution in [-0.2, 0) is 14.4 Å². The zero-order valence-corrected chi connectivity index (χ0v) is 13.7. The summed E-state index contributed by atoms with van der Waals surface area (Å²) >= 11 is 0. The Bertz CT molecular complexity index is 617. The summed E-state index contributed by atoms with van der Waals surface area (Å²) in [6, 6.07) is 6.09. The van der Waals surface area contributed by atoms with Crippen molar-refractivity contribution in [3.05, 3.63) is 24.3 Å². The highest BCUT2D eigenvalue weighted by Gasteiger charge is 2.33. The number of amides is 2. The van der Waals surface area contributed by atoms with E-state index >= 15 is 0 Å². The lowest BCUT2D eigenvalue weighted by atomic mass is 10.2. The highest BCUT2D eigenvalue weighted by atomic mass is 16.5. The van der Waals surface area contributed by atoms with Gasteiger partial charge in [-0.25, -0.2) is 4.79 Å². The lowest BCUT2D eigenvalue weighted by Crippen LogP contribution is -2.43. The Morgan fingerprint density at radius 1 is 1.38 bits per heavy atom. The molecule has 0 spiro atoms. The Morgan fingerprint density at radius 3 is 2.88 bits per heavy atom. The van der Waals surface area contributed by atoms with Crippen molar-refractivity contribution >= 4 is 23.5 Å². The van der Waals surface area contributed by atoms with E-state index in [2.05, 4.69) is 5.32 Å². The third-order valence-corrected chi connectivity index (χ3v) is 3.80. The zero-order valence-electron chi connectivity index (χ0n) is 13.7. The number of carboxylic acid groups (broad SMARTS) is 1. The molecule has 2 N–H and O–H groups in total. The maximum absolute atomic E-state index is 12.5. The molecular formula is C17H22N2O5. The molecule has 1 aliphatic heterocycles. The van der Waals surface area contributed by atoms with Gasteiger partial charge in [-0.05, 0) is 31.4 Å². The number of nitrogens with zero attached hydrogens (tertiary/aromatic N) is 1. The molecule has 130 valence electrons. The van der Waals surface area contributed by atoms with E-state index in [0.717, 1.165) is 12.8 Å². The predicted octanol–water partition coefficient (Wildman–Crippen LogP) is 1.88. The minimum absolute atomic E-state index is 0.00805. The molecule has 2 rings (SSSR count). The second-order valence-electron chi connectivity index (χ2n) is 5.69. The lowest BCUT2D eigenvalue weighted by Gasteiger charge is -2.24. The summed E-state index contributed by atoms with van der Waals surface area (Å²) in [4.78, 5) is 36.7. The number of rotatable bonds is 7. The first-order valence-electron chi connectivity index (χ1n) is 8.06. The first-order valence-corrected chi connectivity index (χ1v) is 8.06. The maximum Gasteiger partial charge on any atom is 0.341 e. The third kappa shape index (κ3) is 4.71. The van der Waals surface area contributed by atoms with Crippen LogP contribution in [0, 0.1) is 0 Å². The van der Waals surface area contributed by atoms with Gasteiger partial charge in [0.15, 0.2) is 6.61 Å². The van der Waals surface area contributed by atoms with Crippen LogP contribution in [0.2, 0.25) is 0 Å². The fourth-order valence-corrected chi connectivity index (χ4v) is 2.73. The molecule has 1 fully saturated rings. The van der Waals surface area contributed by atoms with Crippen LogP contribution in [0.1, 0.15) is 32.6 Å². The van der Waals surface area contributed by atoms with Crippen LogP contribution in [-0.4, -0.2) is 47.0 Å². The fraction of sp³-hybridized carbons (Fsp3) is 0.471. The van der Waals surface area contributed by atoms with Gasteiger partial charge in [-0.15, -0.1) is 0 Å². The summed E-state index contributed by atoms with van der Waals surface area (Å²) < 4.78 is 5.09. The van der Waals surface area contributed by atoms with Gasteiger partial charge in [0.1, 0.15) is 11.8 Å². The molecule has 0 aliphatic carbocycles. The Labute approximate surface area is 140 Å². The molecule has 0 saturated carbocycles. The number of ether oxygens (including phenoxy) is 1. The summed E-state index contributed by atoms with van der Waals surface area (Å²) in [5.74, 6) is -0.929. The normalized spacial score (nSPS) is 16.7. The van der Waals surface area contributed by atoms with E-state index in [1.54, 1.807) is 29.2 Å². The quantitative estimate of drug-likeness (QED) is 0.794. The van der Waals surface area contributed by atoms with Gasteiger partial charge in [-0.3, -0.25) is 9.59 Å². The zero-order chi connectivity index (χ0) is 17.5. The number of anilines is 1. The average Bonchev–Trinajstić information content (AvgIpc) is 3.03. The van der Waals surface area contributed by atoms with Crippen LogP contribution < -0.4 is 10.1 Å². The molecule has 1 atom stereocenters. The standard InChI is InChI=1S/C17H22N2O5/c1-2-5-15(20)19-9-4-8-14(19)17(23)18-12-6-3-7-13(10-12)24-11-16(21)22/h3,6-7,10,14H,2,4-5,8-9,11H2,1H3,(H,18,23)(H,21,22). The van der Waals surface area contributed by atoms with Gasteiger partial charge in [-0.1, -0.05) is 13.0 Å². The van der Waals surface area contributed by atoms with Gasteiger partial charge >= 0.3 is 5.97 Å². The molecule has 0 bridgehead atoms. The Morgan fingerprint density at radius 2 is 2.17 bits per heavy atom. The van der Waals surface area contributed by atoms with Crippen molar-refractivity contribution in [1.29, 1.82) is 0 Å². The lowest BCUT2D eigenvalue weighted by molar-refractivity contribution is -0.139. The van der Waals surface area contributed by atoms with Crippen LogP contribution in [0.5, 0.6) is 5.75 Å². The highest BCUT2D eigenvalue weighted by molar-refractivity contribution is 5.97. The summed E-state index contributed by atoms with van der Waals surface area (Å²) in [5, 5.41) is 11.4. The summed E-state index contributed by atoms with van der Waals surface area (Å²) in [5.41, 5.74) is 0.512. The van der Waals surface area contributed by atoms with Gasteiger partial charge in [0.25, 0.3) is 0 Å². The van der Waals surface area contributed by atoms with Crippen molar-refractivity contribution in [2.75, 3.05) is 18.5 Å². The summed E-state index contributed by atoms with van der Waals surface area (Å²) in [6.07, 6.45) is 2.67. The SMILES string of the molecule is CCCC(=O)N1CCCC1C(=O)Nc1cccc(OCC(=O)O)c1. The largest absolute Gasteiger partial charge is 0.482 e. The number of benzene rings is 1. The molecule has 1 saturated heterocycles. The molecule has 24 heavy (non-hydrogen) atoms. The molecule has 1 aliphatic rings. The molecule has 7 heteroatoms. The molecular weight excluding hydrogens is 312 g/mol. The molecule has 1 heterocycles. The van der Waals surface area contributed by atoms with Gasteiger partial charge in [0.05, 0.1) is 0 Å². The Balaban J connectivity index is 1.99. The van der Waals surface area contributed by atoms with Crippen molar-refractivity contribution in [2.24, 2.45) is 0 Å². The number of carbonyl (C=O) groups excluding carboxylic acids is 2. The molecule has 1 unspecified atom stereocenters. The number of likely N-dealkylation sites (tertiary alicyclic amines) is 1. The second kappa shape index (κ2) is 8.33. The number of carboxylic acids is 1. The molecule has 1 aromatic rings. The van der Waals surface area contributed by atoms with E-state index in [-0.39, 0.29) is 11.8 Å². The van der Waals surface area contributed by atoms with Crippen molar-refractivity contribution in [1.82, 2.24) is 4.90 Å².